The van der Waals surface area contributed by atoms with E-state index in [1.807, 2.05) is 26.4 Å². The lowest BCUT2D eigenvalue weighted by Gasteiger charge is -2.17. The van der Waals surface area contributed by atoms with Gasteiger partial charge in [0, 0.05) is 32.3 Å². The van der Waals surface area contributed by atoms with Crippen LogP contribution in [0.1, 0.15) is 36.0 Å². The first-order valence-electron chi connectivity index (χ1n) is 8.40. The van der Waals surface area contributed by atoms with Crippen molar-refractivity contribution in [1.82, 2.24) is 20.1 Å². The van der Waals surface area contributed by atoms with Crippen molar-refractivity contribution in [2.24, 2.45) is 18.9 Å². The second kappa shape index (κ2) is 7.03. The summed E-state index contributed by atoms with van der Waals surface area (Å²) >= 11 is 1.56. The molecule has 1 aliphatic rings. The van der Waals surface area contributed by atoms with Crippen LogP contribution in [0.4, 0.5) is 5.00 Å². The van der Waals surface area contributed by atoms with E-state index in [9.17, 15) is 4.79 Å². The monoisotopic (exact) mass is 347 g/mol. The maximum absolute atomic E-state index is 12.9. The molecule has 1 fully saturated rings. The zero-order valence-electron chi connectivity index (χ0n) is 14.7. The molecule has 3 rings (SSSR count). The SMILES string of the molecule is Cc1nc(CC(C)C)c(NC(=O)[C@H]2CNC[C@@H]2c2cnn(C)c2)s1. The molecule has 24 heavy (non-hydrogen) atoms. The molecule has 2 aromatic rings. The number of thiazole rings is 1. The normalized spacial score (nSPS) is 20.7. The van der Waals surface area contributed by atoms with Crippen LogP contribution >= 0.6 is 11.3 Å². The molecular formula is C17H25N5OS. The van der Waals surface area contributed by atoms with Crippen LogP contribution in [0.25, 0.3) is 0 Å². The molecule has 130 valence electrons. The van der Waals surface area contributed by atoms with Crippen LogP contribution in [0, 0.1) is 18.8 Å². The Bertz CT molecular complexity index is 720. The van der Waals surface area contributed by atoms with Gasteiger partial charge in [0.2, 0.25) is 5.91 Å². The predicted octanol–water partition coefficient (Wildman–Crippen LogP) is 2.33. The van der Waals surface area contributed by atoms with Crippen LogP contribution in [0.15, 0.2) is 12.4 Å². The van der Waals surface area contributed by atoms with E-state index in [4.69, 9.17) is 0 Å². The van der Waals surface area contributed by atoms with Gasteiger partial charge in [0.1, 0.15) is 5.00 Å². The number of aryl methyl sites for hydroxylation is 2. The van der Waals surface area contributed by atoms with Crippen LogP contribution in [0.3, 0.4) is 0 Å². The third-order valence-corrected chi connectivity index (χ3v) is 5.28. The zero-order valence-corrected chi connectivity index (χ0v) is 15.5. The molecule has 0 aliphatic carbocycles. The van der Waals surface area contributed by atoms with Gasteiger partial charge >= 0.3 is 0 Å². The van der Waals surface area contributed by atoms with Crippen LogP contribution < -0.4 is 10.6 Å². The van der Waals surface area contributed by atoms with E-state index in [0.29, 0.717) is 12.5 Å². The van der Waals surface area contributed by atoms with E-state index in [2.05, 4.69) is 34.6 Å². The molecule has 0 spiro atoms. The minimum Gasteiger partial charge on any atom is -0.316 e. The topological polar surface area (TPSA) is 71.8 Å². The molecule has 2 N–H and O–H groups in total. The first kappa shape index (κ1) is 17.1. The molecule has 3 heterocycles. The minimum absolute atomic E-state index is 0.0718. The lowest BCUT2D eigenvalue weighted by Crippen LogP contribution is -2.28. The Hall–Kier alpha value is -1.73. The molecule has 7 heteroatoms. The van der Waals surface area contributed by atoms with E-state index >= 15 is 0 Å². The van der Waals surface area contributed by atoms with Crippen molar-refractivity contribution in [3.05, 3.63) is 28.7 Å². The summed E-state index contributed by atoms with van der Waals surface area (Å²) in [5.41, 5.74) is 2.12. The van der Waals surface area contributed by atoms with E-state index in [-0.39, 0.29) is 17.7 Å². The van der Waals surface area contributed by atoms with Crippen molar-refractivity contribution in [3.8, 4) is 0 Å². The molecule has 2 atom stereocenters. The molecule has 2 aromatic heterocycles. The third-order valence-electron chi connectivity index (χ3n) is 4.35. The Morgan fingerprint density at radius 2 is 2.29 bits per heavy atom. The van der Waals surface area contributed by atoms with Gasteiger partial charge in [-0.1, -0.05) is 13.8 Å². The number of hydrogen-bond donors (Lipinski definition) is 2. The van der Waals surface area contributed by atoms with Crippen molar-refractivity contribution < 1.29 is 4.79 Å². The Kier molecular flexibility index (Phi) is 5.01. The lowest BCUT2D eigenvalue weighted by molar-refractivity contribution is -0.119. The second-order valence-electron chi connectivity index (χ2n) is 6.91. The number of rotatable bonds is 5. The van der Waals surface area contributed by atoms with E-state index in [1.54, 1.807) is 16.0 Å². The number of aromatic nitrogens is 3. The quantitative estimate of drug-likeness (QED) is 0.871. The van der Waals surface area contributed by atoms with Crippen LogP contribution in [0.5, 0.6) is 0 Å². The molecule has 0 unspecified atom stereocenters. The number of hydrogen-bond acceptors (Lipinski definition) is 5. The average Bonchev–Trinajstić information content (AvgIpc) is 3.19. The highest BCUT2D eigenvalue weighted by molar-refractivity contribution is 7.16. The summed E-state index contributed by atoms with van der Waals surface area (Å²) in [6.07, 6.45) is 4.74. The molecular weight excluding hydrogens is 322 g/mol. The summed E-state index contributed by atoms with van der Waals surface area (Å²) in [7, 11) is 1.90. The molecule has 0 bridgehead atoms. The summed E-state index contributed by atoms with van der Waals surface area (Å²) < 4.78 is 1.79. The standard InChI is InChI=1S/C17H25N5OS/c1-10(2)5-15-17(24-11(3)20-15)21-16(23)14-8-18-7-13(14)12-6-19-22(4)9-12/h6,9-10,13-14,18H,5,7-8H2,1-4H3,(H,21,23)/t13-,14+/m1/s1. The van der Waals surface area contributed by atoms with Gasteiger partial charge in [0.05, 0.1) is 22.8 Å². The Labute approximate surface area is 146 Å². The molecule has 1 aliphatic heterocycles. The first-order valence-corrected chi connectivity index (χ1v) is 9.22. The number of nitrogens with one attached hydrogen (secondary N) is 2. The summed E-state index contributed by atoms with van der Waals surface area (Å²) in [4.78, 5) is 17.4. The molecule has 0 aromatic carbocycles. The van der Waals surface area contributed by atoms with Crippen LogP contribution in [-0.4, -0.2) is 33.8 Å². The van der Waals surface area contributed by atoms with Gasteiger partial charge in [-0.05, 0) is 24.8 Å². The number of amides is 1. The maximum atomic E-state index is 12.9. The smallest absolute Gasteiger partial charge is 0.230 e. The van der Waals surface area contributed by atoms with E-state index in [0.717, 1.165) is 34.2 Å². The number of carbonyl (C=O) groups excluding carboxylic acids is 1. The highest BCUT2D eigenvalue weighted by Crippen LogP contribution is 2.31. The molecule has 1 amide bonds. The highest BCUT2D eigenvalue weighted by Gasteiger charge is 2.35. The largest absolute Gasteiger partial charge is 0.316 e. The van der Waals surface area contributed by atoms with Crippen molar-refractivity contribution in [2.45, 2.75) is 33.1 Å². The van der Waals surface area contributed by atoms with Crippen molar-refractivity contribution >= 4 is 22.2 Å². The average molecular weight is 347 g/mol. The fraction of sp³-hybridized carbons (Fsp3) is 0.588. The van der Waals surface area contributed by atoms with Crippen LogP contribution in [0.2, 0.25) is 0 Å². The predicted molar refractivity (Wildman–Crippen MR) is 96.3 cm³/mol. The van der Waals surface area contributed by atoms with Gasteiger partial charge in [0.25, 0.3) is 0 Å². The van der Waals surface area contributed by atoms with Gasteiger partial charge in [-0.15, -0.1) is 11.3 Å². The minimum atomic E-state index is -0.0801. The fourth-order valence-electron chi connectivity index (χ4n) is 3.23. The maximum Gasteiger partial charge on any atom is 0.230 e. The lowest BCUT2D eigenvalue weighted by atomic mass is 9.90. The van der Waals surface area contributed by atoms with Gasteiger partial charge in [0.15, 0.2) is 0 Å². The van der Waals surface area contributed by atoms with Gasteiger partial charge < -0.3 is 10.6 Å². The summed E-state index contributed by atoms with van der Waals surface area (Å²) in [6, 6.07) is 0. The van der Waals surface area contributed by atoms with Crippen molar-refractivity contribution in [2.75, 3.05) is 18.4 Å². The van der Waals surface area contributed by atoms with Gasteiger partial charge in [-0.2, -0.15) is 5.10 Å². The van der Waals surface area contributed by atoms with Crippen molar-refractivity contribution in [3.63, 3.8) is 0 Å². The van der Waals surface area contributed by atoms with Gasteiger partial charge in [-0.3, -0.25) is 9.48 Å². The molecule has 0 saturated carbocycles. The summed E-state index contributed by atoms with van der Waals surface area (Å²) in [6.45, 7) is 7.83. The van der Waals surface area contributed by atoms with Crippen LogP contribution in [-0.2, 0) is 18.3 Å². The molecule has 6 nitrogen and oxygen atoms in total. The molecule has 0 radical (unpaired) electrons. The number of carbonyl (C=O) groups is 1. The molecule has 1 saturated heterocycles. The Balaban J connectivity index is 1.75. The van der Waals surface area contributed by atoms with Crippen molar-refractivity contribution in [1.29, 1.82) is 0 Å². The van der Waals surface area contributed by atoms with Gasteiger partial charge in [-0.25, -0.2) is 4.98 Å². The summed E-state index contributed by atoms with van der Waals surface area (Å²) in [5.74, 6) is 0.672. The van der Waals surface area contributed by atoms with E-state index in [1.165, 1.54) is 0 Å². The van der Waals surface area contributed by atoms with E-state index < -0.39 is 0 Å². The summed E-state index contributed by atoms with van der Waals surface area (Å²) in [5, 5.41) is 12.6. The Morgan fingerprint density at radius 3 is 2.96 bits per heavy atom. The number of nitrogens with zero attached hydrogens (tertiary/aromatic N) is 3. The second-order valence-corrected chi connectivity index (χ2v) is 8.12. The number of anilines is 1. The highest BCUT2D eigenvalue weighted by atomic mass is 32.1. The first-order chi connectivity index (χ1) is 11.4. The third kappa shape index (κ3) is 3.67. The Morgan fingerprint density at radius 1 is 1.50 bits per heavy atom. The zero-order chi connectivity index (χ0) is 17.3. The fourth-order valence-corrected chi connectivity index (χ4v) is 4.08.